The molecule has 0 aromatic heterocycles. The van der Waals surface area contributed by atoms with Crippen molar-refractivity contribution in [2.75, 3.05) is 13.7 Å². The van der Waals surface area contributed by atoms with E-state index in [1.165, 1.54) is 14.0 Å². The summed E-state index contributed by atoms with van der Waals surface area (Å²) in [5.74, 6) is -2.33. The van der Waals surface area contributed by atoms with E-state index >= 15 is 0 Å². The van der Waals surface area contributed by atoms with Crippen LogP contribution in [0.15, 0.2) is 35.6 Å². The number of carbonyl (C=O) groups excluding carboxylic acids is 2. The van der Waals surface area contributed by atoms with Crippen LogP contribution in [-0.2, 0) is 19.1 Å². The van der Waals surface area contributed by atoms with Gasteiger partial charge in [0.15, 0.2) is 11.4 Å². The molecule has 4 atom stereocenters. The number of ketones is 1. The van der Waals surface area contributed by atoms with E-state index in [-0.39, 0.29) is 12.3 Å². The third kappa shape index (κ3) is 6.04. The van der Waals surface area contributed by atoms with E-state index in [0.717, 1.165) is 11.1 Å². The first-order valence-electron chi connectivity index (χ1n) is 9.26. The quantitative estimate of drug-likeness (QED) is 0.578. The molecular weight excluding hydrogens is 348 g/mol. The fraction of sp³-hybridized carbons (Fsp3) is 0.619. The highest BCUT2D eigenvalue weighted by Gasteiger charge is 2.42. The summed E-state index contributed by atoms with van der Waals surface area (Å²) in [5, 5.41) is 20.4. The van der Waals surface area contributed by atoms with Gasteiger partial charge in [0.1, 0.15) is 12.0 Å². The lowest BCUT2D eigenvalue weighted by Gasteiger charge is -2.29. The molecule has 2 N–H and O–H groups in total. The second-order valence-corrected chi connectivity index (χ2v) is 7.35. The van der Waals surface area contributed by atoms with Gasteiger partial charge in [-0.25, -0.2) is 0 Å². The van der Waals surface area contributed by atoms with Crippen molar-refractivity contribution < 1.29 is 29.3 Å². The maximum Gasteiger partial charge on any atom is 0.316 e. The smallest absolute Gasteiger partial charge is 0.316 e. The molecule has 0 saturated heterocycles. The van der Waals surface area contributed by atoms with Crippen molar-refractivity contribution in [1.82, 2.24) is 0 Å². The SMILES string of the molecule is C=C1/C=C(\C)[C@@H](CC)OC(=O)[C@H](C)C(=O)C(O)(CO)C/C(OC)=C/[C@@H](C)C1. The van der Waals surface area contributed by atoms with Crippen LogP contribution in [0.25, 0.3) is 0 Å². The Bertz CT molecular complexity index is 633. The zero-order valence-corrected chi connectivity index (χ0v) is 16.9. The molecule has 0 bridgehead atoms. The van der Waals surface area contributed by atoms with Crippen LogP contribution in [0.3, 0.4) is 0 Å². The van der Waals surface area contributed by atoms with Crippen LogP contribution < -0.4 is 0 Å². The molecule has 0 aromatic rings. The van der Waals surface area contributed by atoms with Crippen LogP contribution in [0.2, 0.25) is 0 Å². The number of methoxy groups -OCH3 is 1. The predicted molar refractivity (Wildman–Crippen MR) is 103 cm³/mol. The van der Waals surface area contributed by atoms with Gasteiger partial charge in [-0.3, -0.25) is 9.59 Å². The van der Waals surface area contributed by atoms with Crippen LogP contribution in [0.1, 0.15) is 47.0 Å². The number of carbonyl (C=O) groups is 2. The van der Waals surface area contributed by atoms with Crippen molar-refractivity contribution in [1.29, 1.82) is 0 Å². The monoisotopic (exact) mass is 380 g/mol. The topological polar surface area (TPSA) is 93.1 Å². The number of aliphatic hydroxyl groups is 2. The van der Waals surface area contributed by atoms with Gasteiger partial charge in [0, 0.05) is 6.42 Å². The Morgan fingerprint density at radius 2 is 2.00 bits per heavy atom. The van der Waals surface area contributed by atoms with E-state index in [9.17, 15) is 19.8 Å². The molecule has 152 valence electrons. The van der Waals surface area contributed by atoms with Crippen molar-refractivity contribution in [2.24, 2.45) is 11.8 Å². The molecule has 0 spiro atoms. The number of aliphatic hydroxyl groups excluding tert-OH is 1. The molecule has 0 amide bonds. The van der Waals surface area contributed by atoms with E-state index in [2.05, 4.69) is 6.58 Å². The number of rotatable bonds is 3. The molecule has 27 heavy (non-hydrogen) atoms. The minimum atomic E-state index is -2.12. The molecular formula is C21H32O6. The summed E-state index contributed by atoms with van der Waals surface area (Å²) in [6, 6.07) is 0. The van der Waals surface area contributed by atoms with Gasteiger partial charge in [-0.15, -0.1) is 0 Å². The Labute approximate surface area is 161 Å². The molecule has 0 aromatic carbocycles. The van der Waals surface area contributed by atoms with Gasteiger partial charge in [0.05, 0.1) is 19.5 Å². The second kappa shape index (κ2) is 9.85. The van der Waals surface area contributed by atoms with E-state index in [1.807, 2.05) is 26.8 Å². The van der Waals surface area contributed by atoms with E-state index < -0.39 is 36.0 Å². The van der Waals surface area contributed by atoms with Crippen LogP contribution in [0.4, 0.5) is 0 Å². The third-order valence-corrected chi connectivity index (χ3v) is 4.82. The number of ether oxygens (including phenoxy) is 2. The van der Waals surface area contributed by atoms with Gasteiger partial charge in [-0.2, -0.15) is 0 Å². The van der Waals surface area contributed by atoms with Crippen molar-refractivity contribution in [2.45, 2.75) is 58.7 Å². The lowest BCUT2D eigenvalue weighted by Crippen LogP contribution is -2.48. The largest absolute Gasteiger partial charge is 0.501 e. The molecule has 1 rings (SSSR count). The van der Waals surface area contributed by atoms with Crippen molar-refractivity contribution in [3.05, 3.63) is 35.6 Å². The molecule has 1 heterocycles. The maximum absolute atomic E-state index is 12.7. The summed E-state index contributed by atoms with van der Waals surface area (Å²) in [7, 11) is 1.44. The minimum absolute atomic E-state index is 0.0394. The Hall–Kier alpha value is -1.92. The van der Waals surface area contributed by atoms with E-state index in [1.54, 1.807) is 6.08 Å². The first-order valence-corrected chi connectivity index (χ1v) is 9.26. The molecule has 0 fully saturated rings. The normalized spacial score (nSPS) is 35.4. The third-order valence-electron chi connectivity index (χ3n) is 4.82. The van der Waals surface area contributed by atoms with Crippen LogP contribution >= 0.6 is 0 Å². The molecule has 1 aliphatic rings. The number of hydrogen-bond acceptors (Lipinski definition) is 6. The van der Waals surface area contributed by atoms with Crippen molar-refractivity contribution >= 4 is 11.8 Å². The van der Waals surface area contributed by atoms with Gasteiger partial charge in [-0.1, -0.05) is 32.1 Å². The predicted octanol–water partition coefficient (Wildman–Crippen LogP) is 2.70. The summed E-state index contributed by atoms with van der Waals surface area (Å²) in [5.41, 5.74) is -0.402. The lowest BCUT2D eigenvalue weighted by molar-refractivity contribution is -0.162. The molecule has 6 nitrogen and oxygen atoms in total. The van der Waals surface area contributed by atoms with Crippen LogP contribution in [0, 0.1) is 11.8 Å². The molecule has 1 aliphatic heterocycles. The highest BCUT2D eigenvalue weighted by molar-refractivity contribution is 6.03. The first-order chi connectivity index (χ1) is 12.6. The highest BCUT2D eigenvalue weighted by atomic mass is 16.5. The molecule has 0 aliphatic carbocycles. The highest BCUT2D eigenvalue weighted by Crippen LogP contribution is 2.27. The number of hydrogen-bond donors (Lipinski definition) is 2. The minimum Gasteiger partial charge on any atom is -0.501 e. The van der Waals surface area contributed by atoms with E-state index in [4.69, 9.17) is 9.47 Å². The number of cyclic esters (lactones) is 1. The van der Waals surface area contributed by atoms with Crippen LogP contribution in [0.5, 0.6) is 0 Å². The van der Waals surface area contributed by atoms with Gasteiger partial charge in [0.2, 0.25) is 0 Å². The van der Waals surface area contributed by atoms with Gasteiger partial charge >= 0.3 is 5.97 Å². The number of allylic oxidation sites excluding steroid dienone is 3. The summed E-state index contributed by atoms with van der Waals surface area (Å²) in [6.45, 7) is 10.3. The summed E-state index contributed by atoms with van der Waals surface area (Å²) in [4.78, 5) is 25.2. The first kappa shape index (κ1) is 23.1. The fourth-order valence-corrected chi connectivity index (χ4v) is 3.22. The zero-order chi connectivity index (χ0) is 20.8. The van der Waals surface area contributed by atoms with Crippen molar-refractivity contribution in [3.8, 4) is 0 Å². The molecule has 1 unspecified atom stereocenters. The summed E-state index contributed by atoms with van der Waals surface area (Å²) < 4.78 is 10.8. The van der Waals surface area contributed by atoms with Crippen molar-refractivity contribution in [3.63, 3.8) is 0 Å². The van der Waals surface area contributed by atoms with E-state index in [0.29, 0.717) is 18.6 Å². The average Bonchev–Trinajstić information content (AvgIpc) is 2.62. The maximum atomic E-state index is 12.7. The summed E-state index contributed by atoms with van der Waals surface area (Å²) >= 11 is 0. The zero-order valence-electron chi connectivity index (χ0n) is 16.9. The molecule has 0 radical (unpaired) electrons. The number of esters is 1. The molecule has 0 saturated carbocycles. The Balaban J connectivity index is 3.38. The van der Waals surface area contributed by atoms with Gasteiger partial charge in [0.25, 0.3) is 0 Å². The number of Topliss-reactive ketones (excluding diaryl/α,β-unsaturated/α-hetero) is 1. The lowest BCUT2D eigenvalue weighted by atomic mass is 9.86. The average molecular weight is 380 g/mol. The Morgan fingerprint density at radius 3 is 2.52 bits per heavy atom. The summed E-state index contributed by atoms with van der Waals surface area (Å²) in [6.07, 6.45) is 4.19. The molecule has 6 heteroatoms. The second-order valence-electron chi connectivity index (χ2n) is 7.35. The Kier molecular flexibility index (Phi) is 8.44. The Morgan fingerprint density at radius 1 is 1.37 bits per heavy atom. The van der Waals surface area contributed by atoms with Gasteiger partial charge in [-0.05, 0) is 44.3 Å². The van der Waals surface area contributed by atoms with Gasteiger partial charge < -0.3 is 19.7 Å². The standard InChI is InChI=1S/C21H32O6/c1-7-18-15(4)9-13(2)8-14(3)10-17(26-6)11-21(25,12-22)19(23)16(5)20(24)27-18/h9-10,14,16,18,22,25H,2,7-8,11-12H2,1,3-6H3/b15-9+,17-10-/t14-,16+,18+,21?/m0/s1. The van der Waals surface area contributed by atoms with Crippen LogP contribution in [-0.4, -0.2) is 47.4 Å². The fourth-order valence-electron chi connectivity index (χ4n) is 3.22.